The van der Waals surface area contributed by atoms with Crippen molar-refractivity contribution in [1.82, 2.24) is 0 Å². The first kappa shape index (κ1) is 8.05. The highest BCUT2D eigenvalue weighted by molar-refractivity contribution is 5.93. The molecule has 0 fully saturated rings. The summed E-state index contributed by atoms with van der Waals surface area (Å²) >= 11 is 0. The van der Waals surface area contributed by atoms with Crippen molar-refractivity contribution in [2.45, 2.75) is 13.8 Å². The molecule has 0 aromatic carbocycles. The molecule has 0 atom stereocenters. The van der Waals surface area contributed by atoms with Gasteiger partial charge in [0.2, 0.25) is 0 Å². The zero-order valence-electron chi connectivity index (χ0n) is 6.83. The first-order valence-corrected chi connectivity index (χ1v) is 3.74. The number of carbonyl (C=O) groups is 1. The van der Waals surface area contributed by atoms with E-state index in [2.05, 4.69) is 13.8 Å². The van der Waals surface area contributed by atoms with Crippen molar-refractivity contribution in [2.24, 2.45) is 5.92 Å². The van der Waals surface area contributed by atoms with E-state index in [1.54, 1.807) is 0 Å². The van der Waals surface area contributed by atoms with Crippen molar-refractivity contribution < 1.29 is 9.53 Å². The van der Waals surface area contributed by atoms with Crippen LogP contribution in [0.3, 0.4) is 0 Å². The molecule has 60 valence electrons. The Bertz CT molecular complexity index is 212. The van der Waals surface area contributed by atoms with Gasteiger partial charge in [-0.05, 0) is 12.0 Å². The highest BCUT2D eigenvalue weighted by Gasteiger charge is 2.09. The molecule has 1 heterocycles. The number of ketones is 1. The van der Waals surface area contributed by atoms with Gasteiger partial charge in [0.15, 0.2) is 12.4 Å². The second-order valence-corrected chi connectivity index (χ2v) is 2.90. The summed E-state index contributed by atoms with van der Waals surface area (Å²) in [4.78, 5) is 10.7. The molecule has 0 aliphatic carbocycles. The Morgan fingerprint density at radius 2 is 2.36 bits per heavy atom. The molecular weight excluding hydrogens is 140 g/mol. The van der Waals surface area contributed by atoms with Crippen molar-refractivity contribution in [2.75, 3.05) is 6.61 Å². The SMILES string of the molecule is CC(C)C=CC1=CC(=O)CO1. The maximum Gasteiger partial charge on any atom is 0.196 e. The smallest absolute Gasteiger partial charge is 0.196 e. The Kier molecular flexibility index (Phi) is 2.47. The van der Waals surface area contributed by atoms with Gasteiger partial charge in [-0.25, -0.2) is 0 Å². The van der Waals surface area contributed by atoms with Crippen molar-refractivity contribution >= 4 is 5.78 Å². The van der Waals surface area contributed by atoms with Gasteiger partial charge in [-0.3, -0.25) is 4.79 Å². The summed E-state index contributed by atoms with van der Waals surface area (Å²) in [5.41, 5.74) is 0. The largest absolute Gasteiger partial charge is 0.485 e. The molecule has 0 saturated heterocycles. The van der Waals surface area contributed by atoms with E-state index in [9.17, 15) is 4.79 Å². The van der Waals surface area contributed by atoms with Crippen LogP contribution in [0.5, 0.6) is 0 Å². The van der Waals surface area contributed by atoms with Gasteiger partial charge in [-0.2, -0.15) is 0 Å². The number of ether oxygens (including phenoxy) is 1. The Hall–Kier alpha value is -1.05. The number of rotatable bonds is 2. The van der Waals surface area contributed by atoms with Gasteiger partial charge in [-0.1, -0.05) is 19.9 Å². The van der Waals surface area contributed by atoms with E-state index in [0.717, 1.165) is 0 Å². The first-order chi connectivity index (χ1) is 5.18. The highest BCUT2D eigenvalue weighted by Crippen LogP contribution is 2.08. The average molecular weight is 152 g/mol. The Morgan fingerprint density at radius 1 is 1.64 bits per heavy atom. The molecular formula is C9H12O2. The number of allylic oxidation sites excluding steroid dienone is 2. The molecule has 0 spiro atoms. The first-order valence-electron chi connectivity index (χ1n) is 3.74. The molecule has 11 heavy (non-hydrogen) atoms. The van der Waals surface area contributed by atoms with E-state index < -0.39 is 0 Å². The number of hydrogen-bond acceptors (Lipinski definition) is 2. The van der Waals surface area contributed by atoms with Crippen molar-refractivity contribution in [1.29, 1.82) is 0 Å². The predicted octanol–water partition coefficient (Wildman–Crippen LogP) is 1.68. The van der Waals surface area contributed by atoms with Crippen molar-refractivity contribution in [3.8, 4) is 0 Å². The molecule has 1 rings (SSSR count). The fourth-order valence-corrected chi connectivity index (χ4v) is 0.780. The molecule has 0 N–H and O–H groups in total. The topological polar surface area (TPSA) is 26.3 Å². The Morgan fingerprint density at radius 3 is 2.82 bits per heavy atom. The van der Waals surface area contributed by atoms with Crippen LogP contribution in [0.4, 0.5) is 0 Å². The second kappa shape index (κ2) is 3.37. The monoisotopic (exact) mass is 152 g/mol. The summed E-state index contributed by atoms with van der Waals surface area (Å²) in [6.07, 6.45) is 5.37. The third kappa shape index (κ3) is 2.58. The standard InChI is InChI=1S/C9H12O2/c1-7(2)3-4-9-5-8(10)6-11-9/h3-5,7H,6H2,1-2H3. The van der Waals surface area contributed by atoms with Crippen molar-refractivity contribution in [3.63, 3.8) is 0 Å². The lowest BCUT2D eigenvalue weighted by Crippen LogP contribution is -1.92. The van der Waals surface area contributed by atoms with E-state index in [1.807, 2.05) is 12.2 Å². The minimum Gasteiger partial charge on any atom is -0.485 e. The van der Waals surface area contributed by atoms with Gasteiger partial charge >= 0.3 is 0 Å². The molecule has 0 aromatic rings. The third-order valence-electron chi connectivity index (χ3n) is 1.33. The molecule has 0 amide bonds. The summed E-state index contributed by atoms with van der Waals surface area (Å²) in [7, 11) is 0. The molecule has 2 nitrogen and oxygen atoms in total. The van der Waals surface area contributed by atoms with Gasteiger partial charge in [0.1, 0.15) is 5.76 Å². The van der Waals surface area contributed by atoms with Gasteiger partial charge < -0.3 is 4.74 Å². The summed E-state index contributed by atoms with van der Waals surface area (Å²) < 4.78 is 5.04. The molecule has 1 aliphatic rings. The van der Waals surface area contributed by atoms with Crippen LogP contribution in [0.25, 0.3) is 0 Å². The molecule has 0 radical (unpaired) electrons. The Balaban J connectivity index is 2.50. The third-order valence-corrected chi connectivity index (χ3v) is 1.33. The number of hydrogen-bond donors (Lipinski definition) is 0. The summed E-state index contributed by atoms with van der Waals surface area (Å²) in [6.45, 7) is 4.36. The summed E-state index contributed by atoms with van der Waals surface area (Å²) in [6, 6.07) is 0. The van der Waals surface area contributed by atoms with Crippen LogP contribution in [0.2, 0.25) is 0 Å². The van der Waals surface area contributed by atoms with E-state index in [4.69, 9.17) is 4.74 Å². The quantitative estimate of drug-likeness (QED) is 0.601. The highest BCUT2D eigenvalue weighted by atomic mass is 16.5. The maximum atomic E-state index is 10.7. The lowest BCUT2D eigenvalue weighted by molar-refractivity contribution is -0.115. The number of carbonyl (C=O) groups excluding carboxylic acids is 1. The van der Waals surface area contributed by atoms with Gasteiger partial charge in [0.25, 0.3) is 0 Å². The van der Waals surface area contributed by atoms with Crippen LogP contribution in [0.15, 0.2) is 24.0 Å². The van der Waals surface area contributed by atoms with Crippen LogP contribution in [0, 0.1) is 5.92 Å². The van der Waals surface area contributed by atoms with Gasteiger partial charge in [0.05, 0.1) is 0 Å². The fraction of sp³-hybridized carbons (Fsp3) is 0.444. The summed E-state index contributed by atoms with van der Waals surface area (Å²) in [5.74, 6) is 1.23. The zero-order chi connectivity index (χ0) is 8.27. The fourth-order valence-electron chi connectivity index (χ4n) is 0.780. The van der Waals surface area contributed by atoms with E-state index in [-0.39, 0.29) is 12.4 Å². The lowest BCUT2D eigenvalue weighted by Gasteiger charge is -1.96. The lowest BCUT2D eigenvalue weighted by atomic mass is 10.2. The van der Waals surface area contributed by atoms with Crippen LogP contribution in [-0.4, -0.2) is 12.4 Å². The van der Waals surface area contributed by atoms with Gasteiger partial charge in [0, 0.05) is 6.08 Å². The normalized spacial score (nSPS) is 17.7. The second-order valence-electron chi connectivity index (χ2n) is 2.90. The van der Waals surface area contributed by atoms with Crippen LogP contribution in [0.1, 0.15) is 13.8 Å². The average Bonchev–Trinajstić information content (AvgIpc) is 2.31. The predicted molar refractivity (Wildman–Crippen MR) is 43.0 cm³/mol. The molecule has 2 heteroatoms. The molecule has 0 aromatic heterocycles. The molecule has 0 unspecified atom stereocenters. The molecule has 0 bridgehead atoms. The maximum absolute atomic E-state index is 10.7. The van der Waals surface area contributed by atoms with Crippen LogP contribution >= 0.6 is 0 Å². The van der Waals surface area contributed by atoms with Crippen LogP contribution in [-0.2, 0) is 9.53 Å². The minimum absolute atomic E-state index is 0.0495. The van der Waals surface area contributed by atoms with E-state index >= 15 is 0 Å². The Labute approximate surface area is 66.5 Å². The van der Waals surface area contributed by atoms with E-state index in [1.165, 1.54) is 6.08 Å². The minimum atomic E-state index is 0.0495. The zero-order valence-corrected chi connectivity index (χ0v) is 6.83. The molecule has 1 aliphatic heterocycles. The van der Waals surface area contributed by atoms with Crippen LogP contribution < -0.4 is 0 Å². The molecule has 0 saturated carbocycles. The van der Waals surface area contributed by atoms with Crippen molar-refractivity contribution in [3.05, 3.63) is 24.0 Å². The van der Waals surface area contributed by atoms with Gasteiger partial charge in [-0.15, -0.1) is 0 Å². The summed E-state index contributed by atoms with van der Waals surface area (Å²) in [5, 5.41) is 0. The van der Waals surface area contributed by atoms with E-state index in [0.29, 0.717) is 11.7 Å².